The number of nitriles is 1. The predicted octanol–water partition coefficient (Wildman–Crippen LogP) is 2.66. The first-order chi connectivity index (χ1) is 12.7. The summed E-state index contributed by atoms with van der Waals surface area (Å²) in [7, 11) is 0. The number of nitrogens with one attached hydrogen (secondary N) is 1. The number of aromatic amines is 1. The monoisotopic (exact) mass is 351 g/mol. The Balaban J connectivity index is 2.13. The number of benzene rings is 1. The van der Waals surface area contributed by atoms with Gasteiger partial charge in [-0.15, -0.1) is 0 Å². The number of aromatic nitrogens is 3. The lowest BCUT2D eigenvalue weighted by molar-refractivity contribution is 0.129. The fourth-order valence-electron chi connectivity index (χ4n) is 3.03. The van der Waals surface area contributed by atoms with Crippen LogP contribution in [0.15, 0.2) is 35.4 Å². The average molecular weight is 351 g/mol. The molecule has 0 aliphatic heterocycles. The third kappa shape index (κ3) is 3.32. The van der Waals surface area contributed by atoms with Crippen molar-refractivity contribution < 1.29 is 4.74 Å². The third-order valence-corrected chi connectivity index (χ3v) is 4.16. The average Bonchev–Trinajstić information content (AvgIpc) is 2.97. The van der Waals surface area contributed by atoms with E-state index in [4.69, 9.17) is 10.5 Å². The van der Waals surface area contributed by atoms with Crippen LogP contribution in [0.5, 0.6) is 0 Å². The first kappa shape index (κ1) is 17.7. The van der Waals surface area contributed by atoms with Crippen LogP contribution < -0.4 is 11.3 Å². The van der Waals surface area contributed by atoms with Crippen molar-refractivity contribution >= 4 is 16.7 Å². The molecule has 2 aromatic heterocycles. The Morgan fingerprint density at radius 1 is 1.31 bits per heavy atom. The number of H-pyrrole nitrogens is 1. The lowest BCUT2D eigenvalue weighted by atomic mass is 10.1. The van der Waals surface area contributed by atoms with Gasteiger partial charge in [0, 0.05) is 25.4 Å². The highest BCUT2D eigenvalue weighted by molar-refractivity contribution is 5.91. The summed E-state index contributed by atoms with van der Waals surface area (Å²) in [6.45, 7) is 3.91. The standard InChI is InChI=1S/C19H21N5O2/c1-2-9-26-10-3-8-24-17(13-4-6-14(21)7-5-13)15(11-20)16-18(24)19(25)23-12-22-16/h4-7,12H,2-3,8-10,21H2,1H3,(H,22,23,25). The lowest BCUT2D eigenvalue weighted by Crippen LogP contribution is -2.13. The second-order valence-corrected chi connectivity index (χ2v) is 6.00. The summed E-state index contributed by atoms with van der Waals surface area (Å²) in [4.78, 5) is 19.3. The number of hydrogen-bond donors (Lipinski definition) is 2. The first-order valence-electron chi connectivity index (χ1n) is 8.61. The Morgan fingerprint density at radius 3 is 2.77 bits per heavy atom. The summed E-state index contributed by atoms with van der Waals surface area (Å²) in [5.74, 6) is 0. The number of hydrogen-bond acceptors (Lipinski definition) is 5. The molecule has 0 unspecified atom stereocenters. The molecule has 2 heterocycles. The van der Waals surface area contributed by atoms with E-state index in [9.17, 15) is 10.1 Å². The van der Waals surface area contributed by atoms with Gasteiger partial charge < -0.3 is 20.0 Å². The Bertz CT molecular complexity index is 996. The van der Waals surface area contributed by atoms with Gasteiger partial charge in [0.1, 0.15) is 22.7 Å². The number of nitrogen functional groups attached to an aromatic ring is 1. The fraction of sp³-hybridized carbons (Fsp3) is 0.316. The molecule has 0 amide bonds. The van der Waals surface area contributed by atoms with Crippen LogP contribution in [0.2, 0.25) is 0 Å². The van der Waals surface area contributed by atoms with E-state index in [0.717, 1.165) is 18.4 Å². The van der Waals surface area contributed by atoms with Crippen LogP contribution in [0.1, 0.15) is 25.3 Å². The fourth-order valence-corrected chi connectivity index (χ4v) is 3.03. The molecule has 0 saturated heterocycles. The second-order valence-electron chi connectivity index (χ2n) is 6.00. The molecular formula is C19H21N5O2. The van der Waals surface area contributed by atoms with Crippen molar-refractivity contribution in [3.8, 4) is 17.3 Å². The Morgan fingerprint density at radius 2 is 2.08 bits per heavy atom. The van der Waals surface area contributed by atoms with Crippen molar-refractivity contribution in [3.63, 3.8) is 0 Å². The summed E-state index contributed by atoms with van der Waals surface area (Å²) < 4.78 is 7.41. The lowest BCUT2D eigenvalue weighted by Gasteiger charge is -2.11. The number of aryl methyl sites for hydroxylation is 1. The largest absolute Gasteiger partial charge is 0.399 e. The Kier molecular flexibility index (Phi) is 5.34. The van der Waals surface area contributed by atoms with Gasteiger partial charge >= 0.3 is 0 Å². The molecule has 7 heteroatoms. The van der Waals surface area contributed by atoms with E-state index in [0.29, 0.717) is 47.7 Å². The molecule has 3 rings (SSSR count). The van der Waals surface area contributed by atoms with Crippen molar-refractivity contribution in [3.05, 3.63) is 46.5 Å². The minimum atomic E-state index is -0.261. The zero-order valence-corrected chi connectivity index (χ0v) is 14.7. The van der Waals surface area contributed by atoms with Gasteiger partial charge in [0.05, 0.1) is 12.0 Å². The Hall–Kier alpha value is -3.11. The highest BCUT2D eigenvalue weighted by Crippen LogP contribution is 2.31. The van der Waals surface area contributed by atoms with Gasteiger partial charge in [-0.2, -0.15) is 5.26 Å². The molecule has 134 valence electrons. The van der Waals surface area contributed by atoms with E-state index in [1.165, 1.54) is 6.33 Å². The van der Waals surface area contributed by atoms with Crippen LogP contribution in [0.3, 0.4) is 0 Å². The van der Waals surface area contributed by atoms with Crippen molar-refractivity contribution in [2.75, 3.05) is 18.9 Å². The van der Waals surface area contributed by atoms with Gasteiger partial charge in [-0.05, 0) is 30.5 Å². The first-order valence-corrected chi connectivity index (χ1v) is 8.61. The molecule has 3 aromatic rings. The van der Waals surface area contributed by atoms with Gasteiger partial charge in [-0.25, -0.2) is 4.98 Å². The third-order valence-electron chi connectivity index (χ3n) is 4.16. The van der Waals surface area contributed by atoms with Crippen LogP contribution in [-0.4, -0.2) is 27.7 Å². The number of ether oxygens (including phenoxy) is 1. The van der Waals surface area contributed by atoms with Gasteiger partial charge in [0.15, 0.2) is 0 Å². The molecule has 7 nitrogen and oxygen atoms in total. The van der Waals surface area contributed by atoms with Crippen LogP contribution in [0.25, 0.3) is 22.3 Å². The number of rotatable bonds is 7. The van der Waals surface area contributed by atoms with Crippen LogP contribution in [0, 0.1) is 11.3 Å². The molecule has 26 heavy (non-hydrogen) atoms. The summed E-state index contributed by atoms with van der Waals surface area (Å²) in [5, 5.41) is 9.71. The second kappa shape index (κ2) is 7.85. The highest BCUT2D eigenvalue weighted by Gasteiger charge is 2.21. The van der Waals surface area contributed by atoms with Gasteiger partial charge in [-0.3, -0.25) is 4.79 Å². The molecule has 0 radical (unpaired) electrons. The molecule has 0 saturated carbocycles. The molecule has 3 N–H and O–H groups in total. The van der Waals surface area contributed by atoms with Gasteiger partial charge in [0.25, 0.3) is 5.56 Å². The quantitative estimate of drug-likeness (QED) is 0.502. The zero-order valence-electron chi connectivity index (χ0n) is 14.7. The van der Waals surface area contributed by atoms with E-state index in [-0.39, 0.29) is 5.56 Å². The minimum absolute atomic E-state index is 0.261. The molecular weight excluding hydrogens is 330 g/mol. The maximum Gasteiger partial charge on any atom is 0.275 e. The summed E-state index contributed by atoms with van der Waals surface area (Å²) in [6.07, 6.45) is 3.02. The summed E-state index contributed by atoms with van der Waals surface area (Å²) >= 11 is 0. The summed E-state index contributed by atoms with van der Waals surface area (Å²) in [5.41, 5.74) is 8.88. The molecule has 0 fully saturated rings. The van der Waals surface area contributed by atoms with E-state index in [1.807, 2.05) is 16.7 Å². The van der Waals surface area contributed by atoms with Gasteiger partial charge in [-0.1, -0.05) is 19.1 Å². The molecule has 0 spiro atoms. The maximum atomic E-state index is 12.4. The van der Waals surface area contributed by atoms with E-state index in [2.05, 4.69) is 23.0 Å². The number of anilines is 1. The van der Waals surface area contributed by atoms with Crippen molar-refractivity contribution in [2.45, 2.75) is 26.3 Å². The number of nitrogens with zero attached hydrogens (tertiary/aromatic N) is 3. The van der Waals surface area contributed by atoms with E-state index in [1.54, 1.807) is 12.1 Å². The summed E-state index contributed by atoms with van der Waals surface area (Å²) in [6, 6.07) is 9.47. The van der Waals surface area contributed by atoms with Crippen molar-refractivity contribution in [2.24, 2.45) is 0 Å². The normalized spacial score (nSPS) is 10.9. The molecule has 0 aliphatic rings. The van der Waals surface area contributed by atoms with Crippen LogP contribution in [0.4, 0.5) is 5.69 Å². The molecule has 0 aliphatic carbocycles. The topological polar surface area (TPSA) is 110 Å². The number of fused-ring (bicyclic) bond motifs is 1. The van der Waals surface area contributed by atoms with Crippen LogP contribution >= 0.6 is 0 Å². The zero-order chi connectivity index (χ0) is 18.5. The maximum absolute atomic E-state index is 12.4. The predicted molar refractivity (Wildman–Crippen MR) is 101 cm³/mol. The smallest absolute Gasteiger partial charge is 0.275 e. The highest BCUT2D eigenvalue weighted by atomic mass is 16.5. The Labute approximate surface area is 151 Å². The minimum Gasteiger partial charge on any atom is -0.399 e. The van der Waals surface area contributed by atoms with Crippen molar-refractivity contribution in [1.29, 1.82) is 5.26 Å². The molecule has 0 bridgehead atoms. The molecule has 1 aromatic carbocycles. The van der Waals surface area contributed by atoms with Crippen LogP contribution in [-0.2, 0) is 11.3 Å². The van der Waals surface area contributed by atoms with Crippen molar-refractivity contribution in [1.82, 2.24) is 14.5 Å². The number of nitrogens with two attached hydrogens (primary N) is 1. The SMILES string of the molecule is CCCOCCCn1c(-c2ccc(N)cc2)c(C#N)c2nc[nH]c(=O)c21. The van der Waals surface area contributed by atoms with E-state index < -0.39 is 0 Å². The molecule has 0 atom stereocenters. The van der Waals surface area contributed by atoms with E-state index >= 15 is 0 Å². The van der Waals surface area contributed by atoms with Gasteiger partial charge in [0.2, 0.25) is 0 Å².